The second-order valence-corrected chi connectivity index (χ2v) is 9.78. The molecule has 0 saturated heterocycles. The van der Waals surface area contributed by atoms with Crippen LogP contribution in [0.15, 0.2) is 11.6 Å². The molecule has 0 amide bonds. The lowest BCUT2D eigenvalue weighted by molar-refractivity contribution is -0.151. The highest BCUT2D eigenvalue weighted by atomic mass is 16.5. The average Bonchev–Trinajstić information content (AvgIpc) is 3.09. The van der Waals surface area contributed by atoms with Crippen molar-refractivity contribution in [1.29, 1.82) is 0 Å². The van der Waals surface area contributed by atoms with Gasteiger partial charge in [0.2, 0.25) is 0 Å². The number of fused-ring (bicyclic) bond motifs is 7. The lowest BCUT2D eigenvalue weighted by Gasteiger charge is -2.55. The first-order chi connectivity index (χ1) is 12.2. The number of rotatable bonds is 1. The summed E-state index contributed by atoms with van der Waals surface area (Å²) in [4.78, 5) is 11.3. The molecule has 5 aliphatic rings. The predicted octanol–water partition coefficient (Wildman–Crippen LogP) is 5.52. The van der Waals surface area contributed by atoms with Gasteiger partial charge in [0.05, 0.1) is 0 Å². The SMILES string of the molecule is CC(=O)OC1CCC2C(CCC3C4CCC5CCC=C5C4CCC23)C1. The number of allylic oxidation sites excluding steroid dienone is 2. The van der Waals surface area contributed by atoms with Crippen molar-refractivity contribution in [3.8, 4) is 0 Å². The molecule has 0 aromatic rings. The molecule has 0 aromatic heterocycles. The van der Waals surface area contributed by atoms with E-state index in [1.165, 1.54) is 57.8 Å². The zero-order valence-corrected chi connectivity index (χ0v) is 15.8. The summed E-state index contributed by atoms with van der Waals surface area (Å²) in [5, 5.41) is 0. The van der Waals surface area contributed by atoms with Gasteiger partial charge in [0.1, 0.15) is 6.10 Å². The number of esters is 1. The first kappa shape index (κ1) is 16.4. The molecule has 8 atom stereocenters. The number of hydrogen-bond acceptors (Lipinski definition) is 2. The van der Waals surface area contributed by atoms with Crippen LogP contribution in [0.5, 0.6) is 0 Å². The molecule has 0 heterocycles. The summed E-state index contributed by atoms with van der Waals surface area (Å²) in [7, 11) is 0. The van der Waals surface area contributed by atoms with Crippen molar-refractivity contribution >= 4 is 5.97 Å². The highest BCUT2D eigenvalue weighted by molar-refractivity contribution is 5.66. The maximum Gasteiger partial charge on any atom is 0.302 e. The van der Waals surface area contributed by atoms with Crippen LogP contribution in [0.4, 0.5) is 0 Å². The van der Waals surface area contributed by atoms with Gasteiger partial charge in [-0.2, -0.15) is 0 Å². The van der Waals surface area contributed by atoms with Crippen molar-refractivity contribution in [1.82, 2.24) is 0 Å². The zero-order valence-electron chi connectivity index (χ0n) is 15.8. The molecule has 0 aromatic carbocycles. The summed E-state index contributed by atoms with van der Waals surface area (Å²) >= 11 is 0. The third kappa shape index (κ3) is 2.79. The van der Waals surface area contributed by atoms with Gasteiger partial charge in [-0.1, -0.05) is 11.6 Å². The van der Waals surface area contributed by atoms with Crippen LogP contribution in [0.25, 0.3) is 0 Å². The average molecular weight is 343 g/mol. The quantitative estimate of drug-likeness (QED) is 0.463. The Balaban J connectivity index is 1.30. The molecule has 0 radical (unpaired) electrons. The lowest BCUT2D eigenvalue weighted by Crippen LogP contribution is -2.48. The Hall–Kier alpha value is -0.790. The maximum atomic E-state index is 11.3. The second kappa shape index (κ2) is 6.43. The summed E-state index contributed by atoms with van der Waals surface area (Å²) in [6.45, 7) is 1.57. The molecule has 5 aliphatic carbocycles. The number of carbonyl (C=O) groups excluding carboxylic acids is 1. The first-order valence-electron chi connectivity index (χ1n) is 11.1. The Morgan fingerprint density at radius 3 is 2.52 bits per heavy atom. The Labute approximate surface area is 152 Å². The number of hydrogen-bond donors (Lipinski definition) is 0. The second-order valence-electron chi connectivity index (χ2n) is 9.78. The molecule has 5 rings (SSSR count). The molecule has 4 saturated carbocycles. The molecule has 0 N–H and O–H groups in total. The molecule has 0 aliphatic heterocycles. The van der Waals surface area contributed by atoms with E-state index in [1.54, 1.807) is 6.92 Å². The Morgan fingerprint density at radius 1 is 0.880 bits per heavy atom. The van der Waals surface area contributed by atoms with Gasteiger partial charge in [0.15, 0.2) is 0 Å². The van der Waals surface area contributed by atoms with Crippen molar-refractivity contribution in [2.24, 2.45) is 41.4 Å². The van der Waals surface area contributed by atoms with Crippen LogP contribution < -0.4 is 0 Å². The van der Waals surface area contributed by atoms with E-state index in [-0.39, 0.29) is 12.1 Å². The van der Waals surface area contributed by atoms with Gasteiger partial charge < -0.3 is 4.74 Å². The van der Waals surface area contributed by atoms with E-state index < -0.39 is 0 Å². The van der Waals surface area contributed by atoms with Gasteiger partial charge in [-0.25, -0.2) is 0 Å². The molecule has 4 fully saturated rings. The fraction of sp³-hybridized carbons (Fsp3) is 0.870. The number of ether oxygens (including phenoxy) is 1. The highest BCUT2D eigenvalue weighted by Gasteiger charge is 2.51. The maximum absolute atomic E-state index is 11.3. The molecule has 0 spiro atoms. The summed E-state index contributed by atoms with van der Waals surface area (Å²) in [6.07, 6.45) is 18.1. The van der Waals surface area contributed by atoms with Crippen LogP contribution in [0.3, 0.4) is 0 Å². The van der Waals surface area contributed by atoms with Crippen LogP contribution in [0.2, 0.25) is 0 Å². The molecule has 138 valence electrons. The van der Waals surface area contributed by atoms with Crippen LogP contribution >= 0.6 is 0 Å². The molecular formula is C23H34O2. The third-order valence-electron chi connectivity index (χ3n) is 8.82. The fourth-order valence-corrected chi connectivity index (χ4v) is 8.04. The van der Waals surface area contributed by atoms with Crippen LogP contribution in [-0.4, -0.2) is 12.1 Å². The summed E-state index contributed by atoms with van der Waals surface area (Å²) in [5.41, 5.74) is 1.90. The standard InChI is InChI=1S/C23H34O2/c1-14(24)25-17-7-10-19-16(13-17)6-9-23-21(19)12-11-20-18-4-2-3-15(18)5-8-22(20)23/h4,15-17,19-23H,2-3,5-13H2,1H3. The van der Waals surface area contributed by atoms with E-state index in [0.717, 1.165) is 54.3 Å². The molecule has 2 heteroatoms. The first-order valence-corrected chi connectivity index (χ1v) is 11.1. The monoisotopic (exact) mass is 342 g/mol. The van der Waals surface area contributed by atoms with Crippen molar-refractivity contribution in [2.45, 2.75) is 83.7 Å². The Bertz CT molecular complexity index is 564. The Kier molecular flexibility index (Phi) is 4.21. The third-order valence-corrected chi connectivity index (χ3v) is 8.82. The molecule has 0 bridgehead atoms. The number of carbonyl (C=O) groups is 1. The van der Waals surface area contributed by atoms with Crippen molar-refractivity contribution in [3.05, 3.63) is 11.6 Å². The van der Waals surface area contributed by atoms with Crippen molar-refractivity contribution in [2.75, 3.05) is 0 Å². The minimum Gasteiger partial charge on any atom is -0.463 e. The molecule has 25 heavy (non-hydrogen) atoms. The van der Waals surface area contributed by atoms with E-state index in [4.69, 9.17) is 4.74 Å². The van der Waals surface area contributed by atoms with Crippen LogP contribution in [0, 0.1) is 41.4 Å². The van der Waals surface area contributed by atoms with Gasteiger partial charge in [0, 0.05) is 6.92 Å². The topological polar surface area (TPSA) is 26.3 Å². The van der Waals surface area contributed by atoms with Gasteiger partial charge in [-0.15, -0.1) is 0 Å². The zero-order chi connectivity index (χ0) is 17.0. The van der Waals surface area contributed by atoms with Crippen LogP contribution in [0.1, 0.15) is 77.6 Å². The summed E-state index contributed by atoms with van der Waals surface area (Å²) in [6, 6.07) is 0. The summed E-state index contributed by atoms with van der Waals surface area (Å²) < 4.78 is 5.56. The lowest BCUT2D eigenvalue weighted by atomic mass is 9.50. The van der Waals surface area contributed by atoms with E-state index >= 15 is 0 Å². The Morgan fingerprint density at radius 2 is 1.64 bits per heavy atom. The van der Waals surface area contributed by atoms with Gasteiger partial charge in [-0.3, -0.25) is 4.79 Å². The summed E-state index contributed by atoms with van der Waals surface area (Å²) in [5.74, 6) is 6.60. The smallest absolute Gasteiger partial charge is 0.302 e. The predicted molar refractivity (Wildman–Crippen MR) is 98.9 cm³/mol. The van der Waals surface area contributed by atoms with Gasteiger partial charge in [-0.05, 0) is 112 Å². The molecule has 2 nitrogen and oxygen atoms in total. The largest absolute Gasteiger partial charge is 0.463 e. The van der Waals surface area contributed by atoms with E-state index in [9.17, 15) is 4.79 Å². The van der Waals surface area contributed by atoms with E-state index in [1.807, 2.05) is 5.57 Å². The van der Waals surface area contributed by atoms with E-state index in [0.29, 0.717) is 0 Å². The van der Waals surface area contributed by atoms with Crippen LogP contribution in [-0.2, 0) is 9.53 Å². The molecular weight excluding hydrogens is 308 g/mol. The normalized spacial score (nSPS) is 48.4. The minimum absolute atomic E-state index is 0.0840. The fourth-order valence-electron chi connectivity index (χ4n) is 8.04. The highest BCUT2D eigenvalue weighted by Crippen LogP contribution is 2.60. The van der Waals surface area contributed by atoms with Crippen molar-refractivity contribution < 1.29 is 9.53 Å². The molecule has 8 unspecified atom stereocenters. The van der Waals surface area contributed by atoms with E-state index in [2.05, 4.69) is 6.08 Å². The minimum atomic E-state index is -0.0840. The van der Waals surface area contributed by atoms with Gasteiger partial charge >= 0.3 is 5.97 Å². The van der Waals surface area contributed by atoms with Crippen molar-refractivity contribution in [3.63, 3.8) is 0 Å². The van der Waals surface area contributed by atoms with Gasteiger partial charge in [0.25, 0.3) is 0 Å².